The lowest BCUT2D eigenvalue weighted by atomic mass is 9.98. The number of carbonyl (C=O) groups excluding carboxylic acids is 1. The predicted octanol–water partition coefficient (Wildman–Crippen LogP) is 1.36. The summed E-state index contributed by atoms with van der Waals surface area (Å²) in [7, 11) is 0. The Morgan fingerprint density at radius 1 is 1.47 bits per heavy atom. The Bertz CT molecular complexity index is 191. The van der Waals surface area contributed by atoms with Crippen molar-refractivity contribution in [3.8, 4) is 0 Å². The fraction of sp³-hybridized carbons (Fsp3) is 0.909. The largest absolute Gasteiger partial charge is 0.396 e. The molecule has 4 heteroatoms. The Kier molecular flexibility index (Phi) is 6.10. The molecule has 3 nitrogen and oxygen atoms in total. The quantitative estimate of drug-likeness (QED) is 0.726. The van der Waals surface area contributed by atoms with Crippen LogP contribution < -0.4 is 0 Å². The molecule has 1 aliphatic rings. The van der Waals surface area contributed by atoms with E-state index in [2.05, 4.69) is 6.92 Å². The van der Waals surface area contributed by atoms with Gasteiger partial charge in [0.1, 0.15) is 0 Å². The highest BCUT2D eigenvalue weighted by molar-refractivity contribution is 7.99. The SMILES string of the molecule is CCCSCC(=O)N1CCC(CO)CC1. The van der Waals surface area contributed by atoms with Crippen LogP contribution in [0.2, 0.25) is 0 Å². The number of nitrogens with zero attached hydrogens (tertiary/aromatic N) is 1. The van der Waals surface area contributed by atoms with Crippen molar-refractivity contribution in [2.45, 2.75) is 26.2 Å². The summed E-state index contributed by atoms with van der Waals surface area (Å²) < 4.78 is 0. The molecule has 1 aliphatic heterocycles. The average molecular weight is 231 g/mol. The number of hydrogen-bond acceptors (Lipinski definition) is 3. The predicted molar refractivity (Wildman–Crippen MR) is 64.0 cm³/mol. The highest BCUT2D eigenvalue weighted by Gasteiger charge is 2.21. The third kappa shape index (κ3) is 4.43. The van der Waals surface area contributed by atoms with Crippen LogP contribution in [-0.4, -0.2) is 47.1 Å². The lowest BCUT2D eigenvalue weighted by Crippen LogP contribution is -2.40. The molecule has 0 bridgehead atoms. The van der Waals surface area contributed by atoms with E-state index in [0.717, 1.165) is 38.1 Å². The van der Waals surface area contributed by atoms with Crippen molar-refractivity contribution < 1.29 is 9.90 Å². The van der Waals surface area contributed by atoms with Gasteiger partial charge in [0.05, 0.1) is 5.75 Å². The lowest BCUT2D eigenvalue weighted by molar-refractivity contribution is -0.129. The molecule has 15 heavy (non-hydrogen) atoms. The number of piperidine rings is 1. The van der Waals surface area contributed by atoms with Gasteiger partial charge in [-0.05, 0) is 30.9 Å². The molecular weight excluding hydrogens is 210 g/mol. The van der Waals surface area contributed by atoms with Gasteiger partial charge in [0.25, 0.3) is 0 Å². The summed E-state index contributed by atoms with van der Waals surface area (Å²) in [6, 6.07) is 0. The van der Waals surface area contributed by atoms with Crippen LogP contribution >= 0.6 is 11.8 Å². The molecule has 0 aromatic carbocycles. The first-order chi connectivity index (χ1) is 7.27. The number of aliphatic hydroxyl groups excluding tert-OH is 1. The molecule has 0 saturated carbocycles. The van der Waals surface area contributed by atoms with Gasteiger partial charge in [-0.2, -0.15) is 11.8 Å². The summed E-state index contributed by atoms with van der Waals surface area (Å²) in [6.07, 6.45) is 3.05. The van der Waals surface area contributed by atoms with E-state index in [4.69, 9.17) is 5.11 Å². The third-order valence-electron chi connectivity index (χ3n) is 2.80. The van der Waals surface area contributed by atoms with Gasteiger partial charge >= 0.3 is 0 Å². The molecule has 0 aliphatic carbocycles. The zero-order valence-electron chi connectivity index (χ0n) is 9.45. The summed E-state index contributed by atoms with van der Waals surface area (Å²) >= 11 is 1.72. The van der Waals surface area contributed by atoms with Gasteiger partial charge < -0.3 is 10.0 Å². The van der Waals surface area contributed by atoms with Crippen molar-refractivity contribution in [1.29, 1.82) is 0 Å². The summed E-state index contributed by atoms with van der Waals surface area (Å²) in [4.78, 5) is 13.6. The normalized spacial score (nSPS) is 18.1. The Morgan fingerprint density at radius 3 is 2.67 bits per heavy atom. The topological polar surface area (TPSA) is 40.5 Å². The number of carbonyl (C=O) groups is 1. The number of thioether (sulfide) groups is 1. The smallest absolute Gasteiger partial charge is 0.232 e. The summed E-state index contributed by atoms with van der Waals surface area (Å²) in [6.45, 7) is 4.06. The first-order valence-electron chi connectivity index (χ1n) is 5.74. The fourth-order valence-electron chi connectivity index (χ4n) is 1.76. The van der Waals surface area contributed by atoms with E-state index in [9.17, 15) is 4.79 Å². The minimum absolute atomic E-state index is 0.268. The van der Waals surface area contributed by atoms with E-state index < -0.39 is 0 Å². The zero-order valence-corrected chi connectivity index (χ0v) is 10.3. The van der Waals surface area contributed by atoms with Crippen LogP contribution in [0.4, 0.5) is 0 Å². The van der Waals surface area contributed by atoms with Gasteiger partial charge in [-0.3, -0.25) is 4.79 Å². The molecule has 1 heterocycles. The standard InChI is InChI=1S/C11H21NO2S/c1-2-7-15-9-11(14)12-5-3-10(8-13)4-6-12/h10,13H,2-9H2,1H3. The minimum Gasteiger partial charge on any atom is -0.396 e. The Balaban J connectivity index is 2.18. The molecule has 1 amide bonds. The second kappa shape index (κ2) is 7.12. The molecule has 1 N–H and O–H groups in total. The Morgan fingerprint density at radius 2 is 2.13 bits per heavy atom. The molecule has 0 spiro atoms. The fourth-order valence-corrected chi connectivity index (χ4v) is 2.55. The zero-order chi connectivity index (χ0) is 11.1. The minimum atomic E-state index is 0.268. The third-order valence-corrected chi connectivity index (χ3v) is 3.95. The number of aliphatic hydroxyl groups is 1. The highest BCUT2D eigenvalue weighted by Crippen LogP contribution is 2.17. The maximum Gasteiger partial charge on any atom is 0.232 e. The van der Waals surface area contributed by atoms with Gasteiger partial charge in [-0.25, -0.2) is 0 Å². The van der Waals surface area contributed by atoms with Crippen LogP contribution in [0.5, 0.6) is 0 Å². The van der Waals surface area contributed by atoms with Crippen LogP contribution in [0, 0.1) is 5.92 Å². The number of rotatable bonds is 5. The van der Waals surface area contributed by atoms with Crippen LogP contribution in [0.1, 0.15) is 26.2 Å². The number of amides is 1. The van der Waals surface area contributed by atoms with Gasteiger partial charge in [0.15, 0.2) is 0 Å². The van der Waals surface area contributed by atoms with E-state index in [-0.39, 0.29) is 12.5 Å². The van der Waals surface area contributed by atoms with Crippen molar-refractivity contribution in [1.82, 2.24) is 4.90 Å². The van der Waals surface area contributed by atoms with Crippen molar-refractivity contribution in [3.63, 3.8) is 0 Å². The molecule has 0 atom stereocenters. The van der Waals surface area contributed by atoms with E-state index in [1.165, 1.54) is 0 Å². The molecule has 0 aromatic heterocycles. The van der Waals surface area contributed by atoms with E-state index in [1.807, 2.05) is 4.90 Å². The Hall–Kier alpha value is -0.220. The lowest BCUT2D eigenvalue weighted by Gasteiger charge is -2.31. The van der Waals surface area contributed by atoms with E-state index >= 15 is 0 Å². The highest BCUT2D eigenvalue weighted by atomic mass is 32.2. The monoisotopic (exact) mass is 231 g/mol. The van der Waals surface area contributed by atoms with Gasteiger partial charge in [-0.1, -0.05) is 6.92 Å². The Labute approximate surface area is 96.2 Å². The second-order valence-electron chi connectivity index (χ2n) is 4.06. The first-order valence-corrected chi connectivity index (χ1v) is 6.89. The van der Waals surface area contributed by atoms with Crippen molar-refractivity contribution in [3.05, 3.63) is 0 Å². The molecule has 0 unspecified atom stereocenters. The van der Waals surface area contributed by atoms with Crippen molar-refractivity contribution in [2.75, 3.05) is 31.2 Å². The van der Waals surface area contributed by atoms with Gasteiger partial charge in [0.2, 0.25) is 5.91 Å². The van der Waals surface area contributed by atoms with Crippen LogP contribution in [0.3, 0.4) is 0 Å². The maximum atomic E-state index is 11.7. The average Bonchev–Trinajstić information content (AvgIpc) is 2.29. The van der Waals surface area contributed by atoms with Gasteiger partial charge in [-0.15, -0.1) is 0 Å². The molecule has 88 valence electrons. The van der Waals surface area contributed by atoms with E-state index in [1.54, 1.807) is 11.8 Å². The molecule has 1 fully saturated rings. The van der Waals surface area contributed by atoms with Crippen LogP contribution in [-0.2, 0) is 4.79 Å². The molecule has 0 radical (unpaired) electrons. The maximum absolute atomic E-state index is 11.7. The van der Waals surface area contributed by atoms with Gasteiger partial charge in [0, 0.05) is 19.7 Å². The first kappa shape index (κ1) is 12.8. The molecular formula is C11H21NO2S. The van der Waals surface area contributed by atoms with Crippen molar-refractivity contribution in [2.24, 2.45) is 5.92 Å². The number of hydrogen-bond donors (Lipinski definition) is 1. The van der Waals surface area contributed by atoms with E-state index in [0.29, 0.717) is 11.7 Å². The van der Waals surface area contributed by atoms with Crippen LogP contribution in [0.25, 0.3) is 0 Å². The summed E-state index contributed by atoms with van der Waals surface area (Å²) in [5.74, 6) is 2.37. The molecule has 0 aromatic rings. The molecule has 1 rings (SSSR count). The van der Waals surface area contributed by atoms with Crippen LogP contribution in [0.15, 0.2) is 0 Å². The summed E-state index contributed by atoms with van der Waals surface area (Å²) in [5.41, 5.74) is 0. The summed E-state index contributed by atoms with van der Waals surface area (Å²) in [5, 5.41) is 8.98. The van der Waals surface area contributed by atoms with Crippen molar-refractivity contribution >= 4 is 17.7 Å². The number of likely N-dealkylation sites (tertiary alicyclic amines) is 1. The molecule has 1 saturated heterocycles. The second-order valence-corrected chi connectivity index (χ2v) is 5.16.